The lowest BCUT2D eigenvalue weighted by atomic mass is 9.97. The Morgan fingerprint density at radius 1 is 1.16 bits per heavy atom. The quantitative estimate of drug-likeness (QED) is 0.516. The van der Waals surface area contributed by atoms with E-state index in [0.717, 1.165) is 30.8 Å². The Labute approximate surface area is 180 Å². The average Bonchev–Trinajstić information content (AvgIpc) is 3.25. The first-order valence-corrected chi connectivity index (χ1v) is 10.1. The summed E-state index contributed by atoms with van der Waals surface area (Å²) in [4.78, 5) is 14.8. The van der Waals surface area contributed by atoms with Crippen molar-refractivity contribution in [3.63, 3.8) is 0 Å². The van der Waals surface area contributed by atoms with Crippen molar-refractivity contribution < 1.29 is 17.9 Å². The van der Waals surface area contributed by atoms with Gasteiger partial charge in [-0.25, -0.2) is 15.0 Å². The average molecular weight is 443 g/mol. The molecule has 3 aromatic heterocycles. The highest BCUT2D eigenvalue weighted by Crippen LogP contribution is 2.33. The summed E-state index contributed by atoms with van der Waals surface area (Å²) < 4.78 is 45.4. The summed E-state index contributed by atoms with van der Waals surface area (Å²) in [7, 11) is 1.57. The van der Waals surface area contributed by atoms with Crippen LogP contribution in [0.4, 0.5) is 24.8 Å². The minimum Gasteiger partial charge on any atom is -0.494 e. The van der Waals surface area contributed by atoms with Gasteiger partial charge in [-0.2, -0.15) is 17.7 Å². The first-order chi connectivity index (χ1) is 15.3. The number of pyridine rings is 1. The van der Waals surface area contributed by atoms with E-state index in [4.69, 9.17) is 15.5 Å². The third kappa shape index (κ3) is 3.43. The molecule has 4 heterocycles. The highest BCUT2D eigenvalue weighted by Gasteiger charge is 2.33. The maximum Gasteiger partial charge on any atom is 0.433 e. The summed E-state index contributed by atoms with van der Waals surface area (Å²) in [6, 6.07) is 8.01. The minimum atomic E-state index is -4.46. The maximum absolute atomic E-state index is 12.8. The molecule has 0 amide bonds. The van der Waals surface area contributed by atoms with Gasteiger partial charge in [-0.1, -0.05) is 6.07 Å². The zero-order chi connectivity index (χ0) is 22.5. The van der Waals surface area contributed by atoms with Gasteiger partial charge in [-0.05, 0) is 37.1 Å². The van der Waals surface area contributed by atoms with Crippen molar-refractivity contribution in [2.45, 2.75) is 24.9 Å². The van der Waals surface area contributed by atoms with Gasteiger partial charge in [0, 0.05) is 24.4 Å². The van der Waals surface area contributed by atoms with E-state index in [1.54, 1.807) is 13.2 Å². The molecule has 1 aliphatic heterocycles. The maximum atomic E-state index is 12.8. The van der Waals surface area contributed by atoms with E-state index < -0.39 is 11.9 Å². The van der Waals surface area contributed by atoms with Gasteiger partial charge in [0.25, 0.3) is 0 Å². The molecule has 0 bridgehead atoms. The van der Waals surface area contributed by atoms with Crippen LogP contribution in [0.5, 0.6) is 5.75 Å². The van der Waals surface area contributed by atoms with Crippen molar-refractivity contribution in [2.24, 2.45) is 0 Å². The monoisotopic (exact) mass is 443 g/mol. The molecule has 1 aliphatic rings. The molecule has 1 saturated heterocycles. The number of anilines is 2. The van der Waals surface area contributed by atoms with Crippen molar-refractivity contribution in [1.82, 2.24) is 24.6 Å². The molecule has 0 unspecified atom stereocenters. The smallest absolute Gasteiger partial charge is 0.433 e. The van der Waals surface area contributed by atoms with Gasteiger partial charge in [0.1, 0.15) is 17.0 Å². The molecule has 5 rings (SSSR count). The molecule has 1 fully saturated rings. The summed E-state index contributed by atoms with van der Waals surface area (Å²) in [6.45, 7) is 1.29. The van der Waals surface area contributed by atoms with E-state index in [2.05, 4.69) is 15.1 Å². The number of methoxy groups -OCH3 is 1. The number of ether oxygens (including phenoxy) is 1. The molecule has 11 heteroatoms. The third-order valence-corrected chi connectivity index (χ3v) is 5.72. The zero-order valence-corrected chi connectivity index (χ0v) is 17.2. The molecule has 166 valence electrons. The highest BCUT2D eigenvalue weighted by atomic mass is 19.4. The van der Waals surface area contributed by atoms with E-state index in [9.17, 15) is 13.2 Å². The number of fused-ring (bicyclic) bond motifs is 3. The molecule has 0 saturated carbocycles. The predicted octanol–water partition coefficient (Wildman–Crippen LogP) is 3.67. The molecule has 8 nitrogen and oxygen atoms in total. The minimum absolute atomic E-state index is 0.00833. The molecular weight excluding hydrogens is 423 g/mol. The third-order valence-electron chi connectivity index (χ3n) is 5.72. The molecule has 4 aromatic rings. The Morgan fingerprint density at radius 2 is 2.00 bits per heavy atom. The molecular formula is C21H20F3N7O. The molecule has 0 aliphatic carbocycles. The number of aromatic nitrogens is 5. The van der Waals surface area contributed by atoms with Gasteiger partial charge in [0.2, 0.25) is 5.95 Å². The number of benzene rings is 1. The van der Waals surface area contributed by atoms with Crippen LogP contribution in [0.15, 0.2) is 36.5 Å². The number of hydrogen-bond donors (Lipinski definition) is 1. The zero-order valence-electron chi connectivity index (χ0n) is 17.2. The van der Waals surface area contributed by atoms with Gasteiger partial charge in [0.05, 0.1) is 19.0 Å². The fraction of sp³-hybridized carbons (Fsp3) is 0.333. The second-order valence-corrected chi connectivity index (χ2v) is 7.72. The Morgan fingerprint density at radius 3 is 2.72 bits per heavy atom. The van der Waals surface area contributed by atoms with Crippen LogP contribution in [0.2, 0.25) is 0 Å². The number of para-hydroxylation sites is 1. The number of halogens is 3. The summed E-state index contributed by atoms with van der Waals surface area (Å²) >= 11 is 0. The van der Waals surface area contributed by atoms with E-state index in [1.807, 2.05) is 17.0 Å². The summed E-state index contributed by atoms with van der Waals surface area (Å²) in [5.41, 5.74) is 7.08. The first-order valence-electron chi connectivity index (χ1n) is 10.1. The van der Waals surface area contributed by atoms with Crippen LogP contribution in [0.1, 0.15) is 30.3 Å². The van der Waals surface area contributed by atoms with Crippen molar-refractivity contribution in [3.05, 3.63) is 48.0 Å². The number of hydrogen-bond acceptors (Lipinski definition) is 7. The molecule has 0 radical (unpaired) electrons. The van der Waals surface area contributed by atoms with E-state index >= 15 is 0 Å². The Bertz CT molecular complexity index is 1290. The number of nitrogens with two attached hydrogens (primary N) is 1. The van der Waals surface area contributed by atoms with Gasteiger partial charge < -0.3 is 15.4 Å². The Hall–Kier alpha value is -3.63. The summed E-state index contributed by atoms with van der Waals surface area (Å²) in [5, 5.41) is 5.38. The summed E-state index contributed by atoms with van der Waals surface area (Å²) in [5.74, 6) is 1.42. The number of piperidine rings is 1. The van der Waals surface area contributed by atoms with Crippen molar-refractivity contribution >= 4 is 28.2 Å². The SMILES string of the molecule is COc1cccc2c1nc(N)n1nc([C@@H]3CCCN(c4ccc(C(F)(F)F)nc4)C3)nc21. The van der Waals surface area contributed by atoms with E-state index in [1.165, 1.54) is 16.8 Å². The van der Waals surface area contributed by atoms with E-state index in [0.29, 0.717) is 35.0 Å². The second kappa shape index (κ2) is 7.50. The van der Waals surface area contributed by atoms with Crippen molar-refractivity contribution in [2.75, 3.05) is 30.8 Å². The lowest BCUT2D eigenvalue weighted by Gasteiger charge is -2.33. The van der Waals surface area contributed by atoms with Crippen LogP contribution >= 0.6 is 0 Å². The largest absolute Gasteiger partial charge is 0.494 e. The number of nitrogen functional groups attached to an aromatic ring is 1. The molecule has 0 spiro atoms. The van der Waals surface area contributed by atoms with Gasteiger partial charge in [-0.3, -0.25) is 0 Å². The standard InChI is InChI=1S/C21H20F3N7O/c1-32-15-6-2-5-14-17(15)27-20(25)31-19(14)28-18(29-31)12-4-3-9-30(11-12)13-7-8-16(26-10-13)21(22,23)24/h2,5-8,10,12H,3-4,9,11H2,1H3,(H2,25,27)/t12-/m1/s1. The molecule has 32 heavy (non-hydrogen) atoms. The fourth-order valence-corrected chi connectivity index (χ4v) is 4.14. The van der Waals surface area contributed by atoms with Gasteiger partial charge in [0.15, 0.2) is 11.5 Å². The van der Waals surface area contributed by atoms with Crippen LogP contribution in [0.3, 0.4) is 0 Å². The molecule has 2 N–H and O–H groups in total. The lowest BCUT2D eigenvalue weighted by Crippen LogP contribution is -2.35. The predicted molar refractivity (Wildman–Crippen MR) is 113 cm³/mol. The van der Waals surface area contributed by atoms with E-state index in [-0.39, 0.29) is 11.9 Å². The van der Waals surface area contributed by atoms with Crippen LogP contribution < -0.4 is 15.4 Å². The van der Waals surface area contributed by atoms with Crippen molar-refractivity contribution in [3.8, 4) is 5.75 Å². The fourth-order valence-electron chi connectivity index (χ4n) is 4.14. The Balaban J connectivity index is 1.47. The van der Waals surface area contributed by atoms with Crippen molar-refractivity contribution in [1.29, 1.82) is 0 Å². The van der Waals surface area contributed by atoms with Crippen LogP contribution in [-0.2, 0) is 6.18 Å². The topological polar surface area (TPSA) is 94.5 Å². The summed E-state index contributed by atoms with van der Waals surface area (Å²) in [6.07, 6.45) is -1.48. The van der Waals surface area contributed by atoms with Crippen LogP contribution in [0, 0.1) is 0 Å². The first kappa shape index (κ1) is 20.3. The van der Waals surface area contributed by atoms with Gasteiger partial charge >= 0.3 is 6.18 Å². The van der Waals surface area contributed by atoms with Crippen LogP contribution in [0.25, 0.3) is 16.6 Å². The molecule has 1 atom stereocenters. The Kier molecular flexibility index (Phi) is 4.75. The highest BCUT2D eigenvalue weighted by molar-refractivity contribution is 5.95. The number of nitrogens with zero attached hydrogens (tertiary/aromatic N) is 6. The molecule has 1 aromatic carbocycles. The number of rotatable bonds is 3. The van der Waals surface area contributed by atoms with Gasteiger partial charge in [-0.15, -0.1) is 5.10 Å². The van der Waals surface area contributed by atoms with Crippen LogP contribution in [-0.4, -0.2) is 44.8 Å². The second-order valence-electron chi connectivity index (χ2n) is 7.72. The lowest BCUT2D eigenvalue weighted by molar-refractivity contribution is -0.141. The number of alkyl halides is 3. The normalized spacial score (nSPS) is 17.2.